The number of nitrogens with zero attached hydrogens (tertiary/aromatic N) is 1. The van der Waals surface area contributed by atoms with Crippen LogP contribution >= 0.6 is 0 Å². The number of imide groups is 1. The number of methoxy groups -OCH3 is 3. The fraction of sp³-hybridized carbons (Fsp3) is 0.286. The van der Waals surface area contributed by atoms with Gasteiger partial charge in [-0.1, -0.05) is 12.1 Å². The first-order valence-corrected chi connectivity index (χ1v) is 8.88. The molecule has 1 atom stereocenters. The van der Waals surface area contributed by atoms with Crippen molar-refractivity contribution in [3.63, 3.8) is 0 Å². The number of hydrogen-bond acceptors (Lipinski definition) is 6. The number of urea groups is 1. The summed E-state index contributed by atoms with van der Waals surface area (Å²) in [5, 5.41) is 2.68. The lowest BCUT2D eigenvalue weighted by molar-refractivity contribution is -0.130. The molecule has 152 valence electrons. The van der Waals surface area contributed by atoms with E-state index in [1.54, 1.807) is 43.3 Å². The van der Waals surface area contributed by atoms with Gasteiger partial charge >= 0.3 is 6.03 Å². The zero-order chi connectivity index (χ0) is 21.2. The van der Waals surface area contributed by atoms with Crippen LogP contribution in [0.25, 0.3) is 0 Å². The van der Waals surface area contributed by atoms with Crippen LogP contribution in [0.1, 0.15) is 22.8 Å². The average Bonchev–Trinajstić information content (AvgIpc) is 2.97. The molecule has 0 saturated carbocycles. The number of hydrogen-bond donors (Lipinski definition) is 1. The van der Waals surface area contributed by atoms with Crippen LogP contribution in [0.4, 0.5) is 4.79 Å². The third-order valence-electron chi connectivity index (χ3n) is 4.93. The molecule has 1 aliphatic rings. The molecule has 0 bridgehead atoms. The molecule has 0 aliphatic carbocycles. The van der Waals surface area contributed by atoms with E-state index in [1.807, 2.05) is 0 Å². The second-order valence-electron chi connectivity index (χ2n) is 6.67. The summed E-state index contributed by atoms with van der Waals surface area (Å²) in [5.74, 6) is 0.387. The number of rotatable bonds is 7. The van der Waals surface area contributed by atoms with Gasteiger partial charge in [0.1, 0.15) is 22.8 Å². The molecule has 29 heavy (non-hydrogen) atoms. The number of carbonyl (C=O) groups is 3. The Morgan fingerprint density at radius 1 is 1.00 bits per heavy atom. The van der Waals surface area contributed by atoms with E-state index in [0.29, 0.717) is 22.8 Å². The Morgan fingerprint density at radius 3 is 2.34 bits per heavy atom. The molecule has 2 aromatic carbocycles. The number of ketones is 1. The first-order chi connectivity index (χ1) is 13.8. The van der Waals surface area contributed by atoms with E-state index in [9.17, 15) is 14.4 Å². The molecule has 1 fully saturated rings. The molecule has 0 aromatic heterocycles. The van der Waals surface area contributed by atoms with E-state index in [1.165, 1.54) is 27.4 Å². The van der Waals surface area contributed by atoms with Crippen LogP contribution in [0, 0.1) is 0 Å². The maximum atomic E-state index is 13.1. The van der Waals surface area contributed by atoms with Gasteiger partial charge in [-0.2, -0.15) is 0 Å². The van der Waals surface area contributed by atoms with E-state index >= 15 is 0 Å². The van der Waals surface area contributed by atoms with Gasteiger partial charge in [-0.25, -0.2) is 4.79 Å². The van der Waals surface area contributed by atoms with Gasteiger partial charge < -0.3 is 19.5 Å². The highest BCUT2D eigenvalue weighted by atomic mass is 16.5. The second-order valence-corrected chi connectivity index (χ2v) is 6.67. The number of nitrogens with one attached hydrogen (secondary N) is 1. The standard InChI is InChI=1S/C21H22N2O6/c1-21(13-6-5-7-14(10-13)27-2)19(25)23(20(26)22-21)12-17(24)16-11-15(28-3)8-9-18(16)29-4/h5-11H,12H2,1-4H3,(H,22,26)/t21-/m1/s1. The molecule has 0 radical (unpaired) electrons. The number of carbonyl (C=O) groups excluding carboxylic acids is 3. The number of amides is 3. The van der Waals surface area contributed by atoms with Crippen LogP contribution in [0.5, 0.6) is 17.2 Å². The van der Waals surface area contributed by atoms with Gasteiger partial charge in [-0.3, -0.25) is 14.5 Å². The van der Waals surface area contributed by atoms with Crippen molar-refractivity contribution in [2.75, 3.05) is 27.9 Å². The summed E-state index contributed by atoms with van der Waals surface area (Å²) in [6, 6.07) is 11.0. The molecular weight excluding hydrogens is 376 g/mol. The molecule has 3 rings (SSSR count). The second kappa shape index (κ2) is 7.83. The van der Waals surface area contributed by atoms with Crippen molar-refractivity contribution in [3.05, 3.63) is 53.6 Å². The molecule has 0 unspecified atom stereocenters. The molecule has 1 saturated heterocycles. The highest BCUT2D eigenvalue weighted by Crippen LogP contribution is 2.31. The van der Waals surface area contributed by atoms with Crippen molar-refractivity contribution in [1.29, 1.82) is 0 Å². The highest BCUT2D eigenvalue weighted by molar-refractivity contribution is 6.11. The third kappa shape index (κ3) is 3.61. The minimum absolute atomic E-state index is 0.224. The van der Waals surface area contributed by atoms with Crippen LogP contribution in [-0.2, 0) is 10.3 Å². The molecule has 3 amide bonds. The summed E-state index contributed by atoms with van der Waals surface area (Å²) in [4.78, 5) is 39.4. The maximum Gasteiger partial charge on any atom is 0.325 e. The van der Waals surface area contributed by atoms with Crippen molar-refractivity contribution in [3.8, 4) is 17.2 Å². The Bertz CT molecular complexity index is 973. The molecule has 1 N–H and O–H groups in total. The zero-order valence-corrected chi connectivity index (χ0v) is 16.6. The van der Waals surface area contributed by atoms with E-state index in [0.717, 1.165) is 4.90 Å². The zero-order valence-electron chi connectivity index (χ0n) is 16.6. The molecule has 1 heterocycles. The Kier molecular flexibility index (Phi) is 5.45. The van der Waals surface area contributed by atoms with Gasteiger partial charge in [-0.15, -0.1) is 0 Å². The topological polar surface area (TPSA) is 94.2 Å². The lowest BCUT2D eigenvalue weighted by atomic mass is 9.92. The van der Waals surface area contributed by atoms with Crippen LogP contribution in [0.15, 0.2) is 42.5 Å². The highest BCUT2D eigenvalue weighted by Gasteiger charge is 2.49. The fourth-order valence-electron chi connectivity index (χ4n) is 3.23. The predicted molar refractivity (Wildman–Crippen MR) is 104 cm³/mol. The lowest BCUT2D eigenvalue weighted by Gasteiger charge is -2.22. The summed E-state index contributed by atoms with van der Waals surface area (Å²) < 4.78 is 15.6. The molecule has 0 spiro atoms. The number of ether oxygens (including phenoxy) is 3. The van der Waals surface area contributed by atoms with Gasteiger partial charge in [-0.05, 0) is 42.8 Å². The van der Waals surface area contributed by atoms with Crippen molar-refractivity contribution in [1.82, 2.24) is 10.2 Å². The fourth-order valence-corrected chi connectivity index (χ4v) is 3.23. The Labute approximate surface area is 168 Å². The first kappa shape index (κ1) is 20.2. The van der Waals surface area contributed by atoms with E-state index < -0.39 is 29.8 Å². The van der Waals surface area contributed by atoms with Gasteiger partial charge in [0.15, 0.2) is 5.78 Å². The number of benzene rings is 2. The van der Waals surface area contributed by atoms with Crippen molar-refractivity contribution < 1.29 is 28.6 Å². The van der Waals surface area contributed by atoms with Crippen LogP contribution in [-0.4, -0.2) is 50.5 Å². The van der Waals surface area contributed by atoms with E-state index in [-0.39, 0.29) is 5.56 Å². The molecule has 1 aliphatic heterocycles. The minimum atomic E-state index is -1.30. The summed E-state index contributed by atoms with van der Waals surface area (Å²) in [7, 11) is 4.43. The summed E-state index contributed by atoms with van der Waals surface area (Å²) >= 11 is 0. The van der Waals surface area contributed by atoms with E-state index in [2.05, 4.69) is 5.32 Å². The van der Waals surface area contributed by atoms with Crippen LogP contribution < -0.4 is 19.5 Å². The van der Waals surface area contributed by atoms with Crippen molar-refractivity contribution >= 4 is 17.7 Å². The van der Waals surface area contributed by atoms with Gasteiger partial charge in [0.25, 0.3) is 5.91 Å². The number of Topliss-reactive ketones (excluding diaryl/α,β-unsaturated/α-hetero) is 1. The smallest absolute Gasteiger partial charge is 0.325 e. The van der Waals surface area contributed by atoms with Crippen molar-refractivity contribution in [2.45, 2.75) is 12.5 Å². The van der Waals surface area contributed by atoms with Crippen LogP contribution in [0.2, 0.25) is 0 Å². The average molecular weight is 398 g/mol. The Hall–Kier alpha value is -3.55. The van der Waals surface area contributed by atoms with Crippen LogP contribution in [0.3, 0.4) is 0 Å². The molecule has 8 heteroatoms. The van der Waals surface area contributed by atoms with Crippen molar-refractivity contribution in [2.24, 2.45) is 0 Å². The molecule has 8 nitrogen and oxygen atoms in total. The largest absolute Gasteiger partial charge is 0.497 e. The molecular formula is C21H22N2O6. The summed E-state index contributed by atoms with van der Waals surface area (Å²) in [5.41, 5.74) is -0.517. The summed E-state index contributed by atoms with van der Waals surface area (Å²) in [6.45, 7) is 1.17. The van der Waals surface area contributed by atoms with Gasteiger partial charge in [0.2, 0.25) is 0 Å². The first-order valence-electron chi connectivity index (χ1n) is 8.88. The maximum absolute atomic E-state index is 13.1. The lowest BCUT2D eigenvalue weighted by Crippen LogP contribution is -2.41. The third-order valence-corrected chi connectivity index (χ3v) is 4.93. The van der Waals surface area contributed by atoms with Gasteiger partial charge in [0.05, 0.1) is 33.4 Å². The van der Waals surface area contributed by atoms with E-state index in [4.69, 9.17) is 14.2 Å². The predicted octanol–water partition coefficient (Wildman–Crippen LogP) is 2.36. The SMILES string of the molecule is COc1cccc([C@@]2(C)NC(=O)N(CC(=O)c3cc(OC)ccc3OC)C2=O)c1. The Morgan fingerprint density at radius 2 is 1.69 bits per heavy atom. The Balaban J connectivity index is 1.88. The van der Waals surface area contributed by atoms with Gasteiger partial charge in [0, 0.05) is 0 Å². The quantitative estimate of drug-likeness (QED) is 0.568. The minimum Gasteiger partial charge on any atom is -0.497 e. The summed E-state index contributed by atoms with van der Waals surface area (Å²) in [6.07, 6.45) is 0. The monoisotopic (exact) mass is 398 g/mol. The normalized spacial score (nSPS) is 18.4. The molecule has 2 aromatic rings.